The molecule has 77 heavy (non-hydrogen) atoms. The number of carbonyl (C=O) groups excluding carboxylic acids is 1. The number of nitrogens with zero attached hydrogens (tertiary/aromatic N) is 1. The number of carbonyl (C=O) groups is 1. The van der Waals surface area contributed by atoms with E-state index in [1.807, 2.05) is 27.2 Å². The summed E-state index contributed by atoms with van der Waals surface area (Å²) in [5.74, 6) is -0.168. The Labute approximate surface area is 482 Å². The Balaban J connectivity index is 3.86. The molecule has 0 bridgehead atoms. The second-order valence-electron chi connectivity index (χ2n) is 25.3. The quantitative estimate of drug-likeness (QED) is 0.0243. The molecule has 9 heteroatoms. The SMILES string of the molecule is CCCCCCCCCCCCCCCC/C=C/C(O)C(COP(=O)(O)OCC[N+](C)(C)C)NC(=O)CCCCCCCCCCCCCCCCCCCCCCCCCCCCCCCCCCCCCCCCC. The minimum absolute atomic E-state index is 0.0652. The van der Waals surface area contributed by atoms with Gasteiger partial charge < -0.3 is 19.8 Å². The molecule has 3 N–H and O–H groups in total. The summed E-state index contributed by atoms with van der Waals surface area (Å²) < 4.78 is 23.8. The zero-order valence-corrected chi connectivity index (χ0v) is 53.6. The van der Waals surface area contributed by atoms with Crippen molar-refractivity contribution in [3.63, 3.8) is 0 Å². The molecule has 0 radical (unpaired) electrons. The van der Waals surface area contributed by atoms with Gasteiger partial charge in [0.1, 0.15) is 13.2 Å². The lowest BCUT2D eigenvalue weighted by Gasteiger charge is -2.25. The van der Waals surface area contributed by atoms with Crippen molar-refractivity contribution < 1.29 is 32.9 Å². The van der Waals surface area contributed by atoms with Crippen molar-refractivity contribution in [3.05, 3.63) is 12.2 Å². The van der Waals surface area contributed by atoms with Gasteiger partial charge in [-0.2, -0.15) is 0 Å². The third-order valence-electron chi connectivity index (χ3n) is 16.3. The molecule has 0 rings (SSSR count). The average molecular weight is 1110 g/mol. The van der Waals surface area contributed by atoms with Crippen molar-refractivity contribution in [2.45, 2.75) is 379 Å². The first-order chi connectivity index (χ1) is 37.5. The molecule has 0 saturated carbocycles. The van der Waals surface area contributed by atoms with Crippen LogP contribution in [0.2, 0.25) is 0 Å². The molecular weight excluding hydrogens is 972 g/mol. The fourth-order valence-corrected chi connectivity index (χ4v) is 11.6. The maximum Gasteiger partial charge on any atom is 0.472 e. The molecule has 0 heterocycles. The molecule has 460 valence electrons. The highest BCUT2D eigenvalue weighted by Crippen LogP contribution is 2.43. The fraction of sp³-hybridized carbons (Fsp3) is 0.956. The van der Waals surface area contributed by atoms with Crippen LogP contribution in [0.3, 0.4) is 0 Å². The summed E-state index contributed by atoms with van der Waals surface area (Å²) in [7, 11) is 1.59. The lowest BCUT2D eigenvalue weighted by atomic mass is 10.0. The smallest absolute Gasteiger partial charge is 0.387 e. The van der Waals surface area contributed by atoms with Crippen molar-refractivity contribution in [1.82, 2.24) is 5.32 Å². The van der Waals surface area contributed by atoms with Crippen LogP contribution in [0.25, 0.3) is 0 Å². The van der Waals surface area contributed by atoms with Crippen LogP contribution in [0.4, 0.5) is 0 Å². The zero-order valence-electron chi connectivity index (χ0n) is 52.7. The number of rotatable bonds is 65. The van der Waals surface area contributed by atoms with E-state index in [1.165, 1.54) is 315 Å². The lowest BCUT2D eigenvalue weighted by Crippen LogP contribution is -2.45. The number of phosphoric acid groups is 1. The molecule has 0 aromatic heterocycles. The van der Waals surface area contributed by atoms with Gasteiger partial charge in [0.25, 0.3) is 0 Å². The van der Waals surface area contributed by atoms with Crippen molar-refractivity contribution >= 4 is 13.7 Å². The number of hydrogen-bond donors (Lipinski definition) is 3. The van der Waals surface area contributed by atoms with Gasteiger partial charge in [0.15, 0.2) is 0 Å². The van der Waals surface area contributed by atoms with E-state index < -0.39 is 20.0 Å². The number of allylic oxidation sites excluding steroid dienone is 1. The van der Waals surface area contributed by atoms with Gasteiger partial charge in [-0.25, -0.2) is 4.57 Å². The maximum atomic E-state index is 13.0. The van der Waals surface area contributed by atoms with Gasteiger partial charge in [0.2, 0.25) is 5.91 Å². The van der Waals surface area contributed by atoms with E-state index in [0.29, 0.717) is 17.4 Å². The summed E-state index contributed by atoms with van der Waals surface area (Å²) in [6, 6.07) is -0.842. The molecule has 3 unspecified atom stereocenters. The minimum atomic E-state index is -4.34. The largest absolute Gasteiger partial charge is 0.472 e. The zero-order chi connectivity index (χ0) is 56.3. The topological polar surface area (TPSA) is 105 Å². The van der Waals surface area contributed by atoms with Gasteiger partial charge in [-0.05, 0) is 19.3 Å². The third-order valence-corrected chi connectivity index (χ3v) is 17.2. The van der Waals surface area contributed by atoms with Crippen molar-refractivity contribution in [3.8, 4) is 0 Å². The first-order valence-electron chi connectivity index (χ1n) is 34.6. The van der Waals surface area contributed by atoms with Crippen LogP contribution in [-0.4, -0.2) is 73.4 Å². The molecule has 1 amide bonds. The Kier molecular flexibility index (Phi) is 59.3. The van der Waals surface area contributed by atoms with Crippen LogP contribution >= 0.6 is 7.82 Å². The molecule has 3 atom stereocenters. The number of aliphatic hydroxyl groups is 1. The Morgan fingerprint density at radius 1 is 0.429 bits per heavy atom. The Hall–Kier alpha value is -0.760. The van der Waals surface area contributed by atoms with E-state index in [4.69, 9.17) is 9.05 Å². The van der Waals surface area contributed by atoms with Gasteiger partial charge in [-0.3, -0.25) is 13.8 Å². The summed E-state index contributed by atoms with van der Waals surface area (Å²) in [5, 5.41) is 14.0. The van der Waals surface area contributed by atoms with Gasteiger partial charge in [0.05, 0.1) is 39.9 Å². The number of quaternary nitrogens is 1. The van der Waals surface area contributed by atoms with Gasteiger partial charge in [-0.1, -0.05) is 353 Å². The van der Waals surface area contributed by atoms with Gasteiger partial charge >= 0.3 is 7.82 Å². The molecule has 0 saturated heterocycles. The van der Waals surface area contributed by atoms with E-state index >= 15 is 0 Å². The van der Waals surface area contributed by atoms with E-state index in [2.05, 4.69) is 19.2 Å². The molecule has 8 nitrogen and oxygen atoms in total. The number of unbranched alkanes of at least 4 members (excludes halogenated alkanes) is 52. The number of nitrogens with one attached hydrogen (secondary N) is 1. The number of phosphoric ester groups is 1. The first-order valence-corrected chi connectivity index (χ1v) is 36.1. The Bertz CT molecular complexity index is 1260. The summed E-state index contributed by atoms with van der Waals surface area (Å²) in [5.41, 5.74) is 0. The van der Waals surface area contributed by atoms with Crippen LogP contribution in [-0.2, 0) is 18.4 Å². The fourth-order valence-electron chi connectivity index (χ4n) is 10.9. The molecule has 0 fully saturated rings. The van der Waals surface area contributed by atoms with Crippen LogP contribution < -0.4 is 5.32 Å². The van der Waals surface area contributed by atoms with Crippen LogP contribution in [0.15, 0.2) is 12.2 Å². The molecule has 0 aromatic carbocycles. The Morgan fingerprint density at radius 2 is 0.688 bits per heavy atom. The number of hydrogen-bond acceptors (Lipinski definition) is 5. The molecular formula is C68H138N2O6P+. The number of amides is 1. The molecule has 0 aliphatic carbocycles. The van der Waals surface area contributed by atoms with E-state index in [1.54, 1.807) is 6.08 Å². The summed E-state index contributed by atoms with van der Waals surface area (Å²) >= 11 is 0. The highest BCUT2D eigenvalue weighted by molar-refractivity contribution is 7.47. The predicted octanol–water partition coefficient (Wildman–Crippen LogP) is 21.7. The maximum absolute atomic E-state index is 13.0. The van der Waals surface area contributed by atoms with Gasteiger partial charge in [-0.15, -0.1) is 0 Å². The normalized spacial score (nSPS) is 13.7. The molecule has 0 aliphatic heterocycles. The highest BCUT2D eigenvalue weighted by atomic mass is 31.2. The number of aliphatic hydroxyl groups excluding tert-OH is 1. The number of likely N-dealkylation sites (N-methyl/N-ethyl adjacent to an activating group) is 1. The third kappa shape index (κ3) is 62.7. The van der Waals surface area contributed by atoms with Gasteiger partial charge in [0, 0.05) is 6.42 Å². The average Bonchev–Trinajstić information content (AvgIpc) is 3.39. The lowest BCUT2D eigenvalue weighted by molar-refractivity contribution is -0.870. The summed E-state index contributed by atoms with van der Waals surface area (Å²) in [6.07, 6.45) is 76.6. The summed E-state index contributed by atoms with van der Waals surface area (Å²) in [6.45, 7) is 4.87. The first kappa shape index (κ1) is 76.2. The minimum Gasteiger partial charge on any atom is -0.387 e. The van der Waals surface area contributed by atoms with E-state index in [0.717, 1.165) is 32.1 Å². The second-order valence-corrected chi connectivity index (χ2v) is 26.7. The van der Waals surface area contributed by atoms with Crippen LogP contribution in [0.1, 0.15) is 367 Å². The summed E-state index contributed by atoms with van der Waals surface area (Å²) in [4.78, 5) is 23.3. The standard InChI is InChI=1S/C68H137N2O6P/c1-6-8-10-12-14-16-18-20-22-24-25-26-27-28-29-30-31-32-33-34-35-36-37-38-39-40-41-42-43-44-45-46-48-50-52-54-56-58-60-62-68(72)69-66(65-76-77(73,74)75-64-63-70(3,4)5)67(71)61-59-57-55-53-51-49-47-23-21-19-17-15-13-11-9-7-2/h59,61,66-67,71H,6-58,60,62-65H2,1-5H3,(H-,69,72,73,74)/p+1/b61-59+. The monoisotopic (exact) mass is 1110 g/mol. The van der Waals surface area contributed by atoms with E-state index in [9.17, 15) is 19.4 Å². The second kappa shape index (κ2) is 59.8. The van der Waals surface area contributed by atoms with E-state index in [-0.39, 0.29) is 19.1 Å². The predicted molar refractivity (Wildman–Crippen MR) is 337 cm³/mol. The molecule has 0 aromatic rings. The van der Waals surface area contributed by atoms with Crippen LogP contribution in [0, 0.1) is 0 Å². The van der Waals surface area contributed by atoms with Crippen molar-refractivity contribution in [2.75, 3.05) is 40.9 Å². The molecule has 0 spiro atoms. The van der Waals surface area contributed by atoms with Crippen molar-refractivity contribution in [2.24, 2.45) is 0 Å². The highest BCUT2D eigenvalue weighted by Gasteiger charge is 2.28. The van der Waals surface area contributed by atoms with Crippen LogP contribution in [0.5, 0.6) is 0 Å². The Morgan fingerprint density at radius 3 is 0.961 bits per heavy atom. The van der Waals surface area contributed by atoms with Crippen molar-refractivity contribution in [1.29, 1.82) is 0 Å². The molecule has 0 aliphatic rings.